The molecule has 0 rings (SSSR count). The number of hydrogen-bond donors (Lipinski definition) is 4. The average molecular weight is 287 g/mol. The van der Waals surface area contributed by atoms with Crippen molar-refractivity contribution in [2.75, 3.05) is 6.54 Å². The maximum absolute atomic E-state index is 11.5. The second kappa shape index (κ2) is 9.17. The Bertz CT molecular complexity index is 345. The molecule has 0 aliphatic carbocycles. The lowest BCUT2D eigenvalue weighted by atomic mass is 10.1. The van der Waals surface area contributed by atoms with Crippen LogP contribution >= 0.6 is 0 Å². The van der Waals surface area contributed by atoms with Crippen molar-refractivity contribution in [3.8, 4) is 0 Å². The first kappa shape index (κ1) is 18.2. The van der Waals surface area contributed by atoms with Crippen LogP contribution in [0.25, 0.3) is 0 Å². The third kappa shape index (κ3) is 7.60. The lowest BCUT2D eigenvalue weighted by molar-refractivity contribution is -0.140. The van der Waals surface area contributed by atoms with E-state index in [1.54, 1.807) is 13.8 Å². The molecule has 7 heteroatoms. The van der Waals surface area contributed by atoms with Crippen molar-refractivity contribution in [3.63, 3.8) is 0 Å². The monoisotopic (exact) mass is 287 g/mol. The number of carbonyl (C=O) groups is 3. The van der Waals surface area contributed by atoms with Crippen molar-refractivity contribution in [3.05, 3.63) is 0 Å². The maximum atomic E-state index is 11.5. The van der Waals surface area contributed by atoms with E-state index < -0.39 is 18.0 Å². The molecule has 20 heavy (non-hydrogen) atoms. The van der Waals surface area contributed by atoms with Crippen LogP contribution in [0.3, 0.4) is 0 Å². The van der Waals surface area contributed by atoms with Crippen molar-refractivity contribution in [2.24, 2.45) is 5.92 Å². The van der Waals surface area contributed by atoms with Crippen molar-refractivity contribution < 1.29 is 19.5 Å². The second-order valence-corrected chi connectivity index (χ2v) is 5.09. The average Bonchev–Trinajstić information content (AvgIpc) is 2.34. The molecular formula is C13H25N3O4. The molecule has 0 aromatic rings. The number of urea groups is 1. The van der Waals surface area contributed by atoms with Gasteiger partial charge in [0.2, 0.25) is 5.91 Å². The van der Waals surface area contributed by atoms with Crippen LogP contribution in [0.2, 0.25) is 0 Å². The lowest BCUT2D eigenvalue weighted by Gasteiger charge is -2.18. The molecule has 2 atom stereocenters. The van der Waals surface area contributed by atoms with Crippen LogP contribution < -0.4 is 16.0 Å². The fourth-order valence-electron chi connectivity index (χ4n) is 1.44. The van der Waals surface area contributed by atoms with Crippen molar-refractivity contribution in [2.45, 2.75) is 52.6 Å². The van der Waals surface area contributed by atoms with Crippen molar-refractivity contribution in [1.82, 2.24) is 16.0 Å². The predicted molar refractivity (Wildman–Crippen MR) is 75.3 cm³/mol. The largest absolute Gasteiger partial charge is 0.480 e. The van der Waals surface area contributed by atoms with Gasteiger partial charge in [-0.05, 0) is 19.3 Å². The van der Waals surface area contributed by atoms with E-state index in [9.17, 15) is 14.4 Å². The molecule has 0 aromatic carbocycles. The standard InChI is InChI=1S/C13H25N3O4/c1-5-9(4)15-10(17)6-7-14-13(20)16-11(8(2)3)12(18)19/h8-9,11H,5-7H2,1-4H3,(H,15,17)(H,18,19)(H2,14,16,20). The molecule has 0 bridgehead atoms. The molecule has 0 saturated carbocycles. The Morgan fingerprint density at radius 1 is 1.10 bits per heavy atom. The van der Waals surface area contributed by atoms with Crippen LogP contribution in [0, 0.1) is 5.92 Å². The van der Waals surface area contributed by atoms with E-state index in [-0.39, 0.29) is 30.8 Å². The molecule has 116 valence electrons. The van der Waals surface area contributed by atoms with Crippen LogP contribution in [0.15, 0.2) is 0 Å². The minimum absolute atomic E-state index is 0.105. The zero-order chi connectivity index (χ0) is 15.7. The Kier molecular flexibility index (Phi) is 8.35. The molecule has 0 radical (unpaired) electrons. The summed E-state index contributed by atoms with van der Waals surface area (Å²) in [7, 11) is 0. The van der Waals surface area contributed by atoms with Gasteiger partial charge in [-0.2, -0.15) is 0 Å². The molecule has 7 nitrogen and oxygen atoms in total. The SMILES string of the molecule is CCC(C)NC(=O)CCNC(=O)NC(C(=O)O)C(C)C. The van der Waals surface area contributed by atoms with Crippen LogP contribution in [-0.2, 0) is 9.59 Å². The van der Waals surface area contributed by atoms with Crippen LogP contribution in [-0.4, -0.2) is 41.6 Å². The predicted octanol–water partition coefficient (Wildman–Crippen LogP) is 0.700. The molecule has 3 amide bonds. The van der Waals surface area contributed by atoms with Crippen molar-refractivity contribution in [1.29, 1.82) is 0 Å². The molecule has 0 aliphatic heterocycles. The Hall–Kier alpha value is -1.79. The van der Waals surface area contributed by atoms with Gasteiger partial charge in [0.25, 0.3) is 0 Å². The van der Waals surface area contributed by atoms with E-state index >= 15 is 0 Å². The highest BCUT2D eigenvalue weighted by Gasteiger charge is 2.23. The Labute approximate surface area is 119 Å². The summed E-state index contributed by atoms with van der Waals surface area (Å²) in [6.45, 7) is 7.45. The van der Waals surface area contributed by atoms with Crippen LogP contribution in [0.5, 0.6) is 0 Å². The van der Waals surface area contributed by atoms with E-state index in [0.29, 0.717) is 0 Å². The summed E-state index contributed by atoms with van der Waals surface area (Å²) in [4.78, 5) is 33.9. The van der Waals surface area contributed by atoms with E-state index in [1.807, 2.05) is 13.8 Å². The highest BCUT2D eigenvalue weighted by atomic mass is 16.4. The van der Waals surface area contributed by atoms with E-state index in [1.165, 1.54) is 0 Å². The topological polar surface area (TPSA) is 108 Å². The highest BCUT2D eigenvalue weighted by molar-refractivity contribution is 5.83. The molecule has 0 aromatic heterocycles. The van der Waals surface area contributed by atoms with Gasteiger partial charge in [0.05, 0.1) is 0 Å². The number of aliphatic carboxylic acids is 1. The molecule has 0 fully saturated rings. The Balaban J connectivity index is 3.99. The second-order valence-electron chi connectivity index (χ2n) is 5.09. The van der Waals surface area contributed by atoms with Gasteiger partial charge in [-0.15, -0.1) is 0 Å². The van der Waals surface area contributed by atoms with Gasteiger partial charge >= 0.3 is 12.0 Å². The highest BCUT2D eigenvalue weighted by Crippen LogP contribution is 2.01. The summed E-state index contributed by atoms with van der Waals surface area (Å²) >= 11 is 0. The molecule has 2 unspecified atom stereocenters. The van der Waals surface area contributed by atoms with Gasteiger partial charge in [0.15, 0.2) is 0 Å². The van der Waals surface area contributed by atoms with Crippen LogP contribution in [0.4, 0.5) is 4.79 Å². The first-order chi connectivity index (χ1) is 9.27. The van der Waals surface area contributed by atoms with Gasteiger partial charge in [-0.25, -0.2) is 9.59 Å². The summed E-state index contributed by atoms with van der Waals surface area (Å²) in [5.41, 5.74) is 0. The summed E-state index contributed by atoms with van der Waals surface area (Å²) in [5.74, 6) is -1.44. The van der Waals surface area contributed by atoms with Gasteiger partial charge in [0, 0.05) is 19.0 Å². The van der Waals surface area contributed by atoms with E-state index in [4.69, 9.17) is 5.11 Å². The minimum atomic E-state index is -1.08. The van der Waals surface area contributed by atoms with Crippen LogP contribution in [0.1, 0.15) is 40.5 Å². The van der Waals surface area contributed by atoms with E-state index in [0.717, 1.165) is 6.42 Å². The number of carboxylic acid groups (broad SMARTS) is 1. The number of carboxylic acids is 1. The van der Waals surface area contributed by atoms with Gasteiger partial charge in [-0.3, -0.25) is 4.79 Å². The Morgan fingerprint density at radius 3 is 2.15 bits per heavy atom. The first-order valence-electron chi connectivity index (χ1n) is 6.84. The normalized spacial score (nSPS) is 13.4. The first-order valence-corrected chi connectivity index (χ1v) is 6.84. The smallest absolute Gasteiger partial charge is 0.326 e. The molecule has 0 saturated heterocycles. The quantitative estimate of drug-likeness (QED) is 0.527. The summed E-state index contributed by atoms with van der Waals surface area (Å²) in [5, 5.41) is 16.5. The number of nitrogens with one attached hydrogen (secondary N) is 3. The third-order valence-electron chi connectivity index (χ3n) is 2.88. The zero-order valence-corrected chi connectivity index (χ0v) is 12.5. The summed E-state index contributed by atoms with van der Waals surface area (Å²) in [6.07, 6.45) is 1.01. The molecule has 0 spiro atoms. The third-order valence-corrected chi connectivity index (χ3v) is 2.88. The van der Waals surface area contributed by atoms with Gasteiger partial charge in [0.1, 0.15) is 6.04 Å². The maximum Gasteiger partial charge on any atom is 0.326 e. The summed E-state index contributed by atoms with van der Waals surface area (Å²) in [6, 6.07) is -1.42. The number of amides is 3. The fraction of sp³-hybridized carbons (Fsp3) is 0.769. The Morgan fingerprint density at radius 2 is 1.70 bits per heavy atom. The zero-order valence-electron chi connectivity index (χ0n) is 12.5. The van der Waals surface area contributed by atoms with E-state index in [2.05, 4.69) is 16.0 Å². The lowest BCUT2D eigenvalue weighted by Crippen LogP contribution is -2.49. The van der Waals surface area contributed by atoms with Gasteiger partial charge in [-0.1, -0.05) is 20.8 Å². The number of rotatable bonds is 8. The minimum Gasteiger partial charge on any atom is -0.480 e. The number of hydrogen-bond acceptors (Lipinski definition) is 3. The molecule has 0 aliphatic rings. The summed E-state index contributed by atoms with van der Waals surface area (Å²) < 4.78 is 0. The van der Waals surface area contributed by atoms with Crippen molar-refractivity contribution >= 4 is 17.9 Å². The van der Waals surface area contributed by atoms with Gasteiger partial charge < -0.3 is 21.1 Å². The number of carbonyl (C=O) groups excluding carboxylic acids is 2. The molecular weight excluding hydrogens is 262 g/mol. The fourth-order valence-corrected chi connectivity index (χ4v) is 1.44. The molecule has 4 N–H and O–H groups in total. The molecule has 0 heterocycles.